The number of hydrogen-bond donors (Lipinski definition) is 2. The predicted octanol–water partition coefficient (Wildman–Crippen LogP) is 2.78. The largest absolute Gasteiger partial charge is 0.504 e. The van der Waals surface area contributed by atoms with Crippen LogP contribution in [0.2, 0.25) is 0 Å². The minimum Gasteiger partial charge on any atom is -0.504 e. The maximum absolute atomic E-state index is 13.9. The number of nitrogens with two attached hydrogens (primary N) is 1. The second kappa shape index (κ2) is 7.77. The molecule has 1 aromatic carbocycles. The Balaban J connectivity index is 0.00000400. The van der Waals surface area contributed by atoms with Crippen LogP contribution >= 0.6 is 28.3 Å². The molecule has 0 spiro atoms. The van der Waals surface area contributed by atoms with Crippen molar-refractivity contribution >= 4 is 34.3 Å². The molecular weight excluding hydrogens is 375 g/mol. The molecule has 0 aromatic heterocycles. The highest BCUT2D eigenvalue weighted by molar-refractivity contribution is 9.10. The Morgan fingerprint density at radius 1 is 1.52 bits per heavy atom. The molecular formula is C12H15BrClF2NO4. The number of carbonyl (C=O) groups is 1. The van der Waals surface area contributed by atoms with Crippen LogP contribution in [0.25, 0.3) is 0 Å². The minimum atomic E-state index is -3.97. The standard InChI is InChI=1S/C12H14BrF2NO4.ClH/c1-3-20-11(18)12(14,15)10(16)7-4-6(13)5-8(19-2)9(7)17;/h4-5,10,17H,3,16H2,1-2H3;1H/t10-;/m1./s1. The van der Waals surface area contributed by atoms with E-state index in [-0.39, 0.29) is 30.3 Å². The Labute approximate surface area is 134 Å². The van der Waals surface area contributed by atoms with Crippen LogP contribution in [0.3, 0.4) is 0 Å². The van der Waals surface area contributed by atoms with Gasteiger partial charge in [-0.15, -0.1) is 12.4 Å². The van der Waals surface area contributed by atoms with Crippen LogP contribution in [-0.2, 0) is 9.53 Å². The monoisotopic (exact) mass is 389 g/mol. The van der Waals surface area contributed by atoms with Crippen LogP contribution in [0.5, 0.6) is 11.5 Å². The quantitative estimate of drug-likeness (QED) is 0.756. The van der Waals surface area contributed by atoms with Crippen molar-refractivity contribution in [3.05, 3.63) is 22.2 Å². The Bertz CT molecular complexity index is 516. The lowest BCUT2D eigenvalue weighted by Gasteiger charge is -2.23. The summed E-state index contributed by atoms with van der Waals surface area (Å²) in [6, 6.07) is 0.511. The van der Waals surface area contributed by atoms with Crippen molar-refractivity contribution in [3.8, 4) is 11.5 Å². The minimum absolute atomic E-state index is 0. The van der Waals surface area contributed by atoms with Crippen LogP contribution in [0.15, 0.2) is 16.6 Å². The number of aromatic hydroxyl groups is 1. The number of halogens is 4. The van der Waals surface area contributed by atoms with Gasteiger partial charge in [-0.1, -0.05) is 15.9 Å². The van der Waals surface area contributed by atoms with Gasteiger partial charge in [0.1, 0.15) is 6.04 Å². The maximum Gasteiger partial charge on any atom is 0.379 e. The van der Waals surface area contributed by atoms with E-state index >= 15 is 0 Å². The van der Waals surface area contributed by atoms with Crippen LogP contribution in [0, 0.1) is 0 Å². The molecule has 1 aromatic rings. The summed E-state index contributed by atoms with van der Waals surface area (Å²) in [5, 5.41) is 9.85. The average molecular weight is 391 g/mol. The molecule has 5 nitrogen and oxygen atoms in total. The molecule has 0 bridgehead atoms. The van der Waals surface area contributed by atoms with Crippen molar-refractivity contribution in [2.75, 3.05) is 13.7 Å². The lowest BCUT2D eigenvalue weighted by atomic mass is 10.00. The molecule has 1 atom stereocenters. The summed E-state index contributed by atoms with van der Waals surface area (Å²) in [5.74, 6) is -6.30. The molecule has 0 aliphatic carbocycles. The van der Waals surface area contributed by atoms with Crippen molar-refractivity contribution < 1.29 is 28.2 Å². The number of benzene rings is 1. The van der Waals surface area contributed by atoms with E-state index in [1.165, 1.54) is 26.2 Å². The van der Waals surface area contributed by atoms with Gasteiger partial charge in [-0.05, 0) is 19.1 Å². The van der Waals surface area contributed by atoms with Gasteiger partial charge in [0.25, 0.3) is 0 Å². The number of ether oxygens (including phenoxy) is 2. The highest BCUT2D eigenvalue weighted by Crippen LogP contribution is 2.41. The molecule has 0 unspecified atom stereocenters. The van der Waals surface area contributed by atoms with Crippen molar-refractivity contribution in [2.45, 2.75) is 18.9 Å². The fourth-order valence-electron chi connectivity index (χ4n) is 1.54. The van der Waals surface area contributed by atoms with Gasteiger partial charge in [-0.3, -0.25) is 0 Å². The van der Waals surface area contributed by atoms with E-state index in [1.807, 2.05) is 0 Å². The lowest BCUT2D eigenvalue weighted by Crippen LogP contribution is -2.41. The second-order valence-electron chi connectivity index (χ2n) is 3.87. The van der Waals surface area contributed by atoms with Gasteiger partial charge in [0.05, 0.1) is 13.7 Å². The maximum atomic E-state index is 13.9. The van der Waals surface area contributed by atoms with Crippen molar-refractivity contribution in [2.24, 2.45) is 5.73 Å². The van der Waals surface area contributed by atoms with Crippen LogP contribution in [-0.4, -0.2) is 30.7 Å². The number of methoxy groups -OCH3 is 1. The van der Waals surface area contributed by atoms with Gasteiger partial charge in [0, 0.05) is 10.0 Å². The van der Waals surface area contributed by atoms with E-state index in [9.17, 15) is 18.7 Å². The fourth-order valence-corrected chi connectivity index (χ4v) is 1.99. The van der Waals surface area contributed by atoms with Gasteiger partial charge in [0.15, 0.2) is 11.5 Å². The number of phenolic OH excluding ortho intramolecular Hbond substituents is 1. The van der Waals surface area contributed by atoms with Crippen molar-refractivity contribution in [3.63, 3.8) is 0 Å². The zero-order chi connectivity index (χ0) is 15.5. The van der Waals surface area contributed by atoms with E-state index in [4.69, 9.17) is 10.5 Å². The Hall–Kier alpha value is -1.12. The normalized spacial score (nSPS) is 12.3. The van der Waals surface area contributed by atoms with Gasteiger partial charge < -0.3 is 20.3 Å². The highest BCUT2D eigenvalue weighted by Gasteiger charge is 2.49. The number of phenols is 1. The molecule has 0 heterocycles. The predicted molar refractivity (Wildman–Crippen MR) is 78.1 cm³/mol. The summed E-state index contributed by atoms with van der Waals surface area (Å²) in [6.45, 7) is 1.20. The summed E-state index contributed by atoms with van der Waals surface area (Å²) in [5.41, 5.74) is 5.09. The average Bonchev–Trinajstić information content (AvgIpc) is 2.40. The van der Waals surface area contributed by atoms with Gasteiger partial charge in [-0.25, -0.2) is 4.79 Å². The third-order valence-electron chi connectivity index (χ3n) is 2.56. The van der Waals surface area contributed by atoms with Gasteiger partial charge in [-0.2, -0.15) is 8.78 Å². The zero-order valence-corrected chi connectivity index (χ0v) is 13.6. The van der Waals surface area contributed by atoms with E-state index in [0.717, 1.165) is 0 Å². The summed E-state index contributed by atoms with van der Waals surface area (Å²) >= 11 is 3.08. The molecule has 1 rings (SSSR count). The first kappa shape index (κ1) is 19.9. The topological polar surface area (TPSA) is 81.8 Å². The molecule has 0 amide bonds. The van der Waals surface area contributed by atoms with Gasteiger partial charge >= 0.3 is 11.9 Å². The first-order chi connectivity index (χ1) is 9.25. The van der Waals surface area contributed by atoms with E-state index in [2.05, 4.69) is 20.7 Å². The van der Waals surface area contributed by atoms with Crippen LogP contribution < -0.4 is 10.5 Å². The van der Waals surface area contributed by atoms with Crippen molar-refractivity contribution in [1.29, 1.82) is 0 Å². The SMILES string of the molecule is CCOC(=O)C(F)(F)[C@H](N)c1cc(Br)cc(OC)c1O.Cl. The molecule has 21 heavy (non-hydrogen) atoms. The first-order valence-corrected chi connectivity index (χ1v) is 6.42. The molecule has 0 saturated carbocycles. The Kier molecular flexibility index (Phi) is 7.35. The van der Waals surface area contributed by atoms with Crippen molar-refractivity contribution in [1.82, 2.24) is 0 Å². The van der Waals surface area contributed by atoms with Gasteiger partial charge in [0.2, 0.25) is 0 Å². The Morgan fingerprint density at radius 2 is 2.10 bits per heavy atom. The molecule has 0 saturated heterocycles. The zero-order valence-electron chi connectivity index (χ0n) is 11.2. The molecule has 0 fully saturated rings. The molecule has 0 aliphatic heterocycles. The third kappa shape index (κ3) is 4.18. The van der Waals surface area contributed by atoms with E-state index in [1.54, 1.807) is 0 Å². The highest BCUT2D eigenvalue weighted by atomic mass is 79.9. The van der Waals surface area contributed by atoms with Crippen LogP contribution in [0.4, 0.5) is 8.78 Å². The molecule has 0 radical (unpaired) electrons. The smallest absolute Gasteiger partial charge is 0.379 e. The molecule has 120 valence electrons. The van der Waals surface area contributed by atoms with Crippen LogP contribution in [0.1, 0.15) is 18.5 Å². The van der Waals surface area contributed by atoms with E-state index in [0.29, 0.717) is 4.47 Å². The summed E-state index contributed by atoms with van der Waals surface area (Å²) in [4.78, 5) is 11.3. The lowest BCUT2D eigenvalue weighted by molar-refractivity contribution is -0.174. The summed E-state index contributed by atoms with van der Waals surface area (Å²) in [6.07, 6.45) is 0. The number of alkyl halides is 2. The number of carbonyl (C=O) groups excluding carboxylic acids is 1. The summed E-state index contributed by atoms with van der Waals surface area (Å²) in [7, 11) is 1.26. The summed E-state index contributed by atoms with van der Waals surface area (Å²) < 4.78 is 37.2. The number of hydrogen-bond acceptors (Lipinski definition) is 5. The number of esters is 1. The molecule has 3 N–H and O–H groups in total. The molecule has 9 heteroatoms. The fraction of sp³-hybridized carbons (Fsp3) is 0.417. The number of rotatable bonds is 5. The molecule has 0 aliphatic rings. The third-order valence-corrected chi connectivity index (χ3v) is 3.02. The second-order valence-corrected chi connectivity index (χ2v) is 4.78. The van der Waals surface area contributed by atoms with E-state index < -0.39 is 23.7 Å². The first-order valence-electron chi connectivity index (χ1n) is 5.62. The Morgan fingerprint density at radius 3 is 2.57 bits per heavy atom.